The summed E-state index contributed by atoms with van der Waals surface area (Å²) in [5, 5.41) is 11.7. The van der Waals surface area contributed by atoms with E-state index in [1.54, 1.807) is 24.3 Å². The number of nitrogens with one attached hydrogen (secondary N) is 1. The van der Waals surface area contributed by atoms with Crippen molar-refractivity contribution >= 4 is 28.8 Å². The molecule has 0 aliphatic rings. The Morgan fingerprint density at radius 3 is 2.80 bits per heavy atom. The molecule has 0 heterocycles. The number of amides is 1. The molecule has 0 fully saturated rings. The topological polar surface area (TPSA) is 78.6 Å². The van der Waals surface area contributed by atoms with Crippen LogP contribution in [0.2, 0.25) is 0 Å². The lowest BCUT2D eigenvalue weighted by Gasteiger charge is -2.18. The van der Waals surface area contributed by atoms with Crippen molar-refractivity contribution in [2.75, 3.05) is 31.6 Å². The minimum atomic E-state index is -0.0681. The minimum absolute atomic E-state index is 0.0681. The first kappa shape index (κ1) is 16.6. The summed E-state index contributed by atoms with van der Waals surface area (Å²) in [7, 11) is 0. The number of aliphatic hydroxyl groups excluding tert-OH is 1. The maximum Gasteiger partial charge on any atom is 0.225 e. The van der Waals surface area contributed by atoms with Crippen LogP contribution < -0.4 is 11.1 Å². The number of carbonyl (C=O) groups excluding carboxylic acids is 1. The average Bonchev–Trinajstić information content (AvgIpc) is 2.43. The molecule has 0 aliphatic heterocycles. The molecule has 1 amide bonds. The molecule has 0 spiro atoms. The summed E-state index contributed by atoms with van der Waals surface area (Å²) < 4.78 is 0. The Morgan fingerprint density at radius 2 is 2.20 bits per heavy atom. The van der Waals surface area contributed by atoms with Gasteiger partial charge in [0.05, 0.1) is 6.61 Å². The lowest BCUT2D eigenvalue weighted by molar-refractivity contribution is -0.116. The van der Waals surface area contributed by atoms with Gasteiger partial charge in [-0.2, -0.15) is 0 Å². The molecule has 0 saturated heterocycles. The quantitative estimate of drug-likeness (QED) is 0.623. The summed E-state index contributed by atoms with van der Waals surface area (Å²) in [5.41, 5.74) is 6.97. The van der Waals surface area contributed by atoms with Crippen LogP contribution in [0.15, 0.2) is 24.3 Å². The number of hydrogen-bond donors (Lipinski definition) is 3. The molecule has 0 saturated carbocycles. The van der Waals surface area contributed by atoms with Crippen molar-refractivity contribution in [1.29, 1.82) is 0 Å². The zero-order valence-electron chi connectivity index (χ0n) is 11.6. The zero-order valence-corrected chi connectivity index (χ0v) is 12.4. The summed E-state index contributed by atoms with van der Waals surface area (Å²) in [6, 6.07) is 7.16. The number of nitrogens with two attached hydrogens (primary N) is 1. The predicted octanol–water partition coefficient (Wildman–Crippen LogP) is 0.964. The number of carbonyl (C=O) groups is 1. The highest BCUT2D eigenvalue weighted by Crippen LogP contribution is 2.11. The summed E-state index contributed by atoms with van der Waals surface area (Å²) in [6.45, 7) is 4.12. The number of benzene rings is 1. The van der Waals surface area contributed by atoms with E-state index >= 15 is 0 Å². The highest BCUT2D eigenvalue weighted by molar-refractivity contribution is 7.80. The molecule has 0 aromatic heterocycles. The van der Waals surface area contributed by atoms with E-state index < -0.39 is 0 Å². The number of aliphatic hydroxyl groups is 1. The van der Waals surface area contributed by atoms with Crippen LogP contribution in [-0.4, -0.2) is 47.1 Å². The molecule has 1 aromatic carbocycles. The van der Waals surface area contributed by atoms with Crippen molar-refractivity contribution in [3.05, 3.63) is 29.8 Å². The van der Waals surface area contributed by atoms with E-state index in [-0.39, 0.29) is 12.5 Å². The molecule has 0 atom stereocenters. The Hall–Kier alpha value is -1.50. The first-order valence-electron chi connectivity index (χ1n) is 6.59. The average molecular weight is 295 g/mol. The monoisotopic (exact) mass is 295 g/mol. The van der Waals surface area contributed by atoms with Gasteiger partial charge >= 0.3 is 0 Å². The van der Waals surface area contributed by atoms with Gasteiger partial charge in [0, 0.05) is 30.8 Å². The minimum Gasteiger partial charge on any atom is -0.395 e. The fraction of sp³-hybridized carbons (Fsp3) is 0.429. The van der Waals surface area contributed by atoms with Gasteiger partial charge in [-0.15, -0.1) is 0 Å². The first-order valence-corrected chi connectivity index (χ1v) is 7.00. The predicted molar refractivity (Wildman–Crippen MR) is 84.8 cm³/mol. The molecule has 6 heteroatoms. The van der Waals surface area contributed by atoms with Crippen molar-refractivity contribution in [2.24, 2.45) is 5.73 Å². The maximum atomic E-state index is 11.9. The van der Waals surface area contributed by atoms with Gasteiger partial charge in [-0.05, 0) is 18.7 Å². The van der Waals surface area contributed by atoms with Crippen LogP contribution in [0.5, 0.6) is 0 Å². The Morgan fingerprint density at radius 1 is 1.45 bits per heavy atom. The van der Waals surface area contributed by atoms with Gasteiger partial charge in [0.25, 0.3) is 0 Å². The van der Waals surface area contributed by atoms with Gasteiger partial charge in [0.2, 0.25) is 5.91 Å². The lowest BCUT2D eigenvalue weighted by Crippen LogP contribution is -2.30. The van der Waals surface area contributed by atoms with E-state index in [0.29, 0.717) is 30.2 Å². The van der Waals surface area contributed by atoms with Gasteiger partial charge in [0.15, 0.2) is 0 Å². The molecule has 20 heavy (non-hydrogen) atoms. The van der Waals surface area contributed by atoms with E-state index in [1.165, 1.54) is 0 Å². The van der Waals surface area contributed by atoms with Crippen molar-refractivity contribution in [3.8, 4) is 0 Å². The molecule has 1 rings (SSSR count). The second kappa shape index (κ2) is 8.63. The smallest absolute Gasteiger partial charge is 0.225 e. The van der Waals surface area contributed by atoms with E-state index in [1.807, 2.05) is 11.8 Å². The standard InChI is InChI=1S/C14H21N3O2S/c1-2-17(8-9-18)7-6-13(19)16-12-5-3-4-11(10-12)14(15)20/h3-5,10,18H,2,6-9H2,1H3,(H2,15,20)(H,16,19). The van der Waals surface area contributed by atoms with Gasteiger partial charge < -0.3 is 21.1 Å². The number of hydrogen-bond acceptors (Lipinski definition) is 4. The van der Waals surface area contributed by atoms with Crippen molar-refractivity contribution in [3.63, 3.8) is 0 Å². The molecule has 0 unspecified atom stereocenters. The van der Waals surface area contributed by atoms with Gasteiger partial charge in [-0.1, -0.05) is 31.3 Å². The highest BCUT2D eigenvalue weighted by atomic mass is 32.1. The summed E-state index contributed by atoms with van der Waals surface area (Å²) in [4.78, 5) is 14.2. The number of rotatable bonds is 8. The largest absolute Gasteiger partial charge is 0.395 e. The second-order valence-corrected chi connectivity index (χ2v) is 4.84. The van der Waals surface area contributed by atoms with Gasteiger partial charge in [-0.25, -0.2) is 0 Å². The number of nitrogens with zero attached hydrogens (tertiary/aromatic N) is 1. The Bertz CT molecular complexity index is 465. The number of likely N-dealkylation sites (N-methyl/N-ethyl adjacent to an activating group) is 1. The fourth-order valence-electron chi connectivity index (χ4n) is 1.80. The van der Waals surface area contributed by atoms with Gasteiger partial charge in [0.1, 0.15) is 4.99 Å². The molecule has 4 N–H and O–H groups in total. The SMILES string of the molecule is CCN(CCO)CCC(=O)Nc1cccc(C(N)=S)c1. The second-order valence-electron chi connectivity index (χ2n) is 4.40. The van der Waals surface area contributed by atoms with Crippen LogP contribution in [0.1, 0.15) is 18.9 Å². The van der Waals surface area contributed by atoms with E-state index in [0.717, 1.165) is 12.1 Å². The third kappa shape index (κ3) is 5.64. The molecular weight excluding hydrogens is 274 g/mol. The van der Waals surface area contributed by atoms with Crippen molar-refractivity contribution in [1.82, 2.24) is 4.90 Å². The lowest BCUT2D eigenvalue weighted by atomic mass is 10.2. The van der Waals surface area contributed by atoms with Crippen LogP contribution in [0.25, 0.3) is 0 Å². The molecule has 1 aromatic rings. The third-order valence-electron chi connectivity index (χ3n) is 2.95. The highest BCUT2D eigenvalue weighted by Gasteiger charge is 2.07. The maximum absolute atomic E-state index is 11.9. The van der Waals surface area contributed by atoms with Crippen LogP contribution in [0, 0.1) is 0 Å². The zero-order chi connectivity index (χ0) is 15.0. The molecule has 0 bridgehead atoms. The molecule has 0 aliphatic carbocycles. The fourth-order valence-corrected chi connectivity index (χ4v) is 1.93. The van der Waals surface area contributed by atoms with Gasteiger partial charge in [-0.3, -0.25) is 4.79 Å². The normalized spacial score (nSPS) is 10.6. The van der Waals surface area contributed by atoms with Crippen molar-refractivity contribution < 1.29 is 9.90 Å². The Balaban J connectivity index is 2.49. The molecule has 5 nitrogen and oxygen atoms in total. The summed E-state index contributed by atoms with van der Waals surface area (Å²) in [6.07, 6.45) is 0.380. The van der Waals surface area contributed by atoms with E-state index in [4.69, 9.17) is 23.1 Å². The summed E-state index contributed by atoms with van der Waals surface area (Å²) in [5.74, 6) is -0.0681. The van der Waals surface area contributed by atoms with E-state index in [9.17, 15) is 4.79 Å². The van der Waals surface area contributed by atoms with Crippen LogP contribution in [-0.2, 0) is 4.79 Å². The molecular formula is C14H21N3O2S. The molecule has 110 valence electrons. The van der Waals surface area contributed by atoms with Crippen LogP contribution >= 0.6 is 12.2 Å². The van der Waals surface area contributed by atoms with E-state index in [2.05, 4.69) is 5.32 Å². The van der Waals surface area contributed by atoms with Crippen LogP contribution in [0.3, 0.4) is 0 Å². The number of anilines is 1. The Kier molecular flexibility index (Phi) is 7.14. The first-order chi connectivity index (χ1) is 9.56. The van der Waals surface area contributed by atoms with Crippen LogP contribution in [0.4, 0.5) is 5.69 Å². The number of thiocarbonyl (C=S) groups is 1. The Labute approximate surface area is 124 Å². The summed E-state index contributed by atoms with van der Waals surface area (Å²) >= 11 is 4.90. The third-order valence-corrected chi connectivity index (χ3v) is 3.19. The molecule has 0 radical (unpaired) electrons. The van der Waals surface area contributed by atoms with Crippen molar-refractivity contribution in [2.45, 2.75) is 13.3 Å².